The zero-order valence-electron chi connectivity index (χ0n) is 15.6. The van der Waals surface area contributed by atoms with E-state index < -0.39 is 0 Å². The maximum atomic E-state index is 6.25. The van der Waals surface area contributed by atoms with E-state index in [2.05, 4.69) is 82.8 Å². The Morgan fingerprint density at radius 2 is 1.75 bits per heavy atom. The fourth-order valence-electron chi connectivity index (χ4n) is 4.02. The molecule has 0 radical (unpaired) electrons. The van der Waals surface area contributed by atoms with Gasteiger partial charge in [0.05, 0.1) is 22.1 Å². The summed E-state index contributed by atoms with van der Waals surface area (Å²) < 4.78 is 8.38. The van der Waals surface area contributed by atoms with E-state index in [9.17, 15) is 0 Å². The first-order chi connectivity index (χ1) is 13.7. The van der Waals surface area contributed by atoms with Crippen molar-refractivity contribution in [2.75, 3.05) is 0 Å². The van der Waals surface area contributed by atoms with E-state index in [1.54, 1.807) is 0 Å². The molecule has 0 aliphatic rings. The number of aromatic nitrogens is 3. The maximum absolute atomic E-state index is 6.25. The molecule has 4 heteroatoms. The monoisotopic (exact) mass is 363 g/mol. The second-order valence-corrected chi connectivity index (χ2v) is 7.32. The van der Waals surface area contributed by atoms with Gasteiger partial charge in [0.25, 0.3) is 0 Å². The third kappa shape index (κ3) is 2.00. The van der Waals surface area contributed by atoms with E-state index in [4.69, 9.17) is 4.42 Å². The van der Waals surface area contributed by atoms with Gasteiger partial charge in [-0.3, -0.25) is 9.38 Å². The number of hydrogen-bond acceptors (Lipinski definition) is 3. The van der Waals surface area contributed by atoms with Crippen molar-refractivity contribution in [1.29, 1.82) is 0 Å². The number of nitrogens with zero attached hydrogens (tertiary/aromatic N) is 3. The molecule has 0 atom stereocenters. The van der Waals surface area contributed by atoms with Gasteiger partial charge < -0.3 is 4.42 Å². The number of rotatable bonds is 1. The van der Waals surface area contributed by atoms with Crippen molar-refractivity contribution in [2.24, 2.45) is 0 Å². The van der Waals surface area contributed by atoms with Crippen molar-refractivity contribution in [2.45, 2.75) is 13.8 Å². The van der Waals surface area contributed by atoms with E-state index in [-0.39, 0.29) is 0 Å². The van der Waals surface area contributed by atoms with Gasteiger partial charge in [0, 0.05) is 22.5 Å². The minimum absolute atomic E-state index is 0.654. The average molecular weight is 363 g/mol. The quantitative estimate of drug-likeness (QED) is 0.356. The summed E-state index contributed by atoms with van der Waals surface area (Å²) in [5.41, 5.74) is 8.06. The normalized spacial score (nSPS) is 11.9. The molecule has 4 heterocycles. The van der Waals surface area contributed by atoms with Crippen LogP contribution >= 0.6 is 0 Å². The van der Waals surface area contributed by atoms with Gasteiger partial charge in [0.1, 0.15) is 11.9 Å². The highest BCUT2D eigenvalue weighted by Gasteiger charge is 2.17. The van der Waals surface area contributed by atoms with Crippen LogP contribution in [0.4, 0.5) is 0 Å². The molecular formula is C24H17N3O. The second-order valence-electron chi connectivity index (χ2n) is 7.32. The first kappa shape index (κ1) is 15.4. The molecule has 0 spiro atoms. The lowest BCUT2D eigenvalue weighted by Crippen LogP contribution is -1.88. The second kappa shape index (κ2) is 5.42. The number of fused-ring (bicyclic) bond motifs is 7. The Kier molecular flexibility index (Phi) is 2.98. The van der Waals surface area contributed by atoms with E-state index in [1.165, 1.54) is 16.5 Å². The van der Waals surface area contributed by atoms with Crippen molar-refractivity contribution in [3.8, 4) is 11.3 Å². The Labute approximate surface area is 161 Å². The number of aryl methyl sites for hydroxylation is 2. The molecule has 0 aliphatic heterocycles. The largest absolute Gasteiger partial charge is 0.437 e. The van der Waals surface area contributed by atoms with Crippen LogP contribution in [-0.4, -0.2) is 14.4 Å². The van der Waals surface area contributed by atoms with E-state index in [0.717, 1.165) is 38.6 Å². The highest BCUT2D eigenvalue weighted by molar-refractivity contribution is 6.16. The topological polar surface area (TPSA) is 43.3 Å². The molecule has 0 amide bonds. The predicted octanol–water partition coefficient (Wildman–Crippen LogP) is 6.07. The lowest BCUT2D eigenvalue weighted by atomic mass is 10.0. The summed E-state index contributed by atoms with van der Waals surface area (Å²) in [6.07, 6.45) is 3.76. The summed E-state index contributed by atoms with van der Waals surface area (Å²) in [4.78, 5) is 9.25. The highest BCUT2D eigenvalue weighted by Crippen LogP contribution is 2.37. The summed E-state index contributed by atoms with van der Waals surface area (Å²) in [6, 6.07) is 18.9. The van der Waals surface area contributed by atoms with Crippen LogP contribution in [0, 0.1) is 13.8 Å². The van der Waals surface area contributed by atoms with Crippen LogP contribution in [0.2, 0.25) is 0 Å². The molecule has 0 N–H and O–H groups in total. The van der Waals surface area contributed by atoms with Gasteiger partial charge in [-0.05, 0) is 49.2 Å². The van der Waals surface area contributed by atoms with Crippen LogP contribution in [0.5, 0.6) is 0 Å². The molecule has 28 heavy (non-hydrogen) atoms. The first-order valence-electron chi connectivity index (χ1n) is 9.34. The maximum Gasteiger partial charge on any atom is 0.230 e. The summed E-state index contributed by atoms with van der Waals surface area (Å²) in [7, 11) is 0. The van der Waals surface area contributed by atoms with Gasteiger partial charge in [0.2, 0.25) is 5.71 Å². The number of furan rings is 1. The zero-order chi connectivity index (χ0) is 18.8. The predicted molar refractivity (Wildman–Crippen MR) is 113 cm³/mol. The fraction of sp³-hybridized carbons (Fsp3) is 0.0833. The van der Waals surface area contributed by atoms with Crippen LogP contribution in [0.25, 0.3) is 49.7 Å². The average Bonchev–Trinajstić information content (AvgIpc) is 3.27. The third-order valence-corrected chi connectivity index (χ3v) is 5.64. The summed E-state index contributed by atoms with van der Waals surface area (Å²) in [6.45, 7) is 4.18. The molecule has 2 aromatic carbocycles. The minimum atomic E-state index is 0.654. The summed E-state index contributed by atoms with van der Waals surface area (Å²) >= 11 is 0. The van der Waals surface area contributed by atoms with Crippen molar-refractivity contribution in [3.05, 3.63) is 78.2 Å². The van der Waals surface area contributed by atoms with Gasteiger partial charge in [-0.15, -0.1) is 0 Å². The first-order valence-corrected chi connectivity index (χ1v) is 9.34. The van der Waals surface area contributed by atoms with Crippen molar-refractivity contribution in [3.63, 3.8) is 0 Å². The molecule has 0 unspecified atom stereocenters. The third-order valence-electron chi connectivity index (χ3n) is 5.64. The SMILES string of the molecule is Cc1cnc(-c2cccc3c2oc2ncn4c5ccccc5cc4c23)cc1C. The van der Waals surface area contributed by atoms with Crippen LogP contribution < -0.4 is 0 Å². The molecule has 0 saturated carbocycles. The summed E-state index contributed by atoms with van der Waals surface area (Å²) in [5.74, 6) is 0. The lowest BCUT2D eigenvalue weighted by molar-refractivity contribution is 0.653. The Morgan fingerprint density at radius 1 is 0.857 bits per heavy atom. The molecule has 0 bridgehead atoms. The number of benzene rings is 2. The molecule has 134 valence electrons. The van der Waals surface area contributed by atoms with Gasteiger partial charge >= 0.3 is 0 Å². The molecule has 4 aromatic heterocycles. The highest BCUT2D eigenvalue weighted by atomic mass is 16.3. The van der Waals surface area contributed by atoms with Gasteiger partial charge in [-0.1, -0.05) is 30.3 Å². The molecular weight excluding hydrogens is 346 g/mol. The molecule has 0 fully saturated rings. The van der Waals surface area contributed by atoms with Crippen molar-refractivity contribution < 1.29 is 4.42 Å². The van der Waals surface area contributed by atoms with Crippen LogP contribution in [0.15, 0.2) is 71.5 Å². The Hall–Kier alpha value is -3.66. The lowest BCUT2D eigenvalue weighted by Gasteiger charge is -2.05. The Morgan fingerprint density at radius 3 is 2.64 bits per heavy atom. The van der Waals surface area contributed by atoms with Gasteiger partial charge in [-0.25, -0.2) is 4.98 Å². The molecule has 0 aliphatic carbocycles. The zero-order valence-corrected chi connectivity index (χ0v) is 15.6. The summed E-state index contributed by atoms with van der Waals surface area (Å²) in [5, 5.41) is 3.30. The van der Waals surface area contributed by atoms with E-state index in [1.807, 2.05) is 12.5 Å². The molecule has 0 saturated heterocycles. The number of hydrogen-bond donors (Lipinski definition) is 0. The molecule has 6 rings (SSSR count). The van der Waals surface area contributed by atoms with Crippen molar-refractivity contribution in [1.82, 2.24) is 14.4 Å². The molecule has 4 nitrogen and oxygen atoms in total. The Balaban J connectivity index is 1.74. The van der Waals surface area contributed by atoms with Crippen LogP contribution in [-0.2, 0) is 0 Å². The number of para-hydroxylation sites is 2. The van der Waals surface area contributed by atoms with Crippen molar-refractivity contribution >= 4 is 38.5 Å². The van der Waals surface area contributed by atoms with Gasteiger partial charge in [-0.2, -0.15) is 0 Å². The fourth-order valence-corrected chi connectivity index (χ4v) is 4.02. The van der Waals surface area contributed by atoms with Crippen LogP contribution in [0.1, 0.15) is 11.1 Å². The minimum Gasteiger partial charge on any atom is -0.437 e. The van der Waals surface area contributed by atoms with Gasteiger partial charge in [0.15, 0.2) is 0 Å². The van der Waals surface area contributed by atoms with E-state index >= 15 is 0 Å². The molecule has 6 aromatic rings. The smallest absolute Gasteiger partial charge is 0.230 e. The standard InChI is InChI=1S/C24H17N3O/c1-14-10-19(25-12-15(14)2)17-7-5-8-18-22-21-11-16-6-3-4-9-20(16)27(21)13-26-24(22)28-23(17)18/h3-13H,1-2H3. The van der Waals surface area contributed by atoms with Crippen LogP contribution in [0.3, 0.4) is 0 Å². The van der Waals surface area contributed by atoms with E-state index in [0.29, 0.717) is 5.71 Å². The number of pyridine rings is 1. The Bertz CT molecular complexity index is 1540.